The summed E-state index contributed by atoms with van der Waals surface area (Å²) in [6, 6.07) is 16.5. The fourth-order valence-corrected chi connectivity index (χ4v) is 4.08. The largest absolute Gasteiger partial charge is 0.504 e. The van der Waals surface area contributed by atoms with E-state index in [2.05, 4.69) is 28.4 Å². The van der Waals surface area contributed by atoms with E-state index in [-0.39, 0.29) is 11.8 Å². The van der Waals surface area contributed by atoms with Gasteiger partial charge in [0.2, 0.25) is 5.95 Å². The zero-order valence-electron chi connectivity index (χ0n) is 21.7. The van der Waals surface area contributed by atoms with Gasteiger partial charge in [-0.05, 0) is 48.9 Å². The van der Waals surface area contributed by atoms with Crippen LogP contribution < -0.4 is 5.32 Å². The number of piperazine rings is 1. The Bertz CT molecular complexity index is 1250. The molecule has 4 rings (SSSR count). The minimum absolute atomic E-state index is 0.0378. The molecular formula is C29H32ClN5O3. The van der Waals surface area contributed by atoms with E-state index >= 15 is 0 Å². The van der Waals surface area contributed by atoms with Crippen LogP contribution in [0.3, 0.4) is 0 Å². The SMILES string of the molecule is C=C.CC/C(=C\OC)C(=O)N1CCN(C(=O)c2ccc(Nc3nccc(-c4ccc(Cl)cc4)n3)cc2)CC1. The van der Waals surface area contributed by atoms with Gasteiger partial charge in [0.15, 0.2) is 0 Å². The lowest BCUT2D eigenvalue weighted by Gasteiger charge is -2.35. The lowest BCUT2D eigenvalue weighted by molar-refractivity contribution is -0.128. The highest BCUT2D eigenvalue weighted by Crippen LogP contribution is 2.22. The molecule has 1 saturated heterocycles. The Hall–Kier alpha value is -4.17. The number of carbonyl (C=O) groups excluding carboxylic acids is 2. The van der Waals surface area contributed by atoms with Gasteiger partial charge in [0, 0.05) is 54.2 Å². The van der Waals surface area contributed by atoms with Crippen LogP contribution in [0.15, 0.2) is 85.8 Å². The molecule has 0 saturated carbocycles. The molecule has 1 fully saturated rings. The number of amides is 2. The van der Waals surface area contributed by atoms with Gasteiger partial charge >= 0.3 is 0 Å². The molecule has 198 valence electrons. The molecule has 9 heteroatoms. The summed E-state index contributed by atoms with van der Waals surface area (Å²) >= 11 is 5.97. The number of anilines is 2. The van der Waals surface area contributed by atoms with Crippen LogP contribution in [0.2, 0.25) is 5.02 Å². The number of benzene rings is 2. The molecule has 1 aromatic heterocycles. The van der Waals surface area contributed by atoms with Crippen molar-refractivity contribution in [1.29, 1.82) is 0 Å². The first kappa shape index (κ1) is 28.4. The molecule has 3 aromatic rings. The minimum atomic E-state index is -0.0576. The zero-order chi connectivity index (χ0) is 27.5. The number of nitrogens with zero attached hydrogens (tertiary/aromatic N) is 4. The van der Waals surface area contributed by atoms with Crippen LogP contribution in [0.4, 0.5) is 11.6 Å². The number of carbonyl (C=O) groups is 2. The first-order valence-corrected chi connectivity index (χ1v) is 12.6. The number of aromatic nitrogens is 2. The second kappa shape index (κ2) is 13.9. The quantitative estimate of drug-likeness (QED) is 0.243. The van der Waals surface area contributed by atoms with Gasteiger partial charge in [0.1, 0.15) is 0 Å². The normalized spacial score (nSPS) is 13.3. The molecule has 0 atom stereocenters. The van der Waals surface area contributed by atoms with E-state index in [0.29, 0.717) is 54.7 Å². The van der Waals surface area contributed by atoms with Crippen molar-refractivity contribution in [2.45, 2.75) is 13.3 Å². The van der Waals surface area contributed by atoms with Crippen LogP contribution >= 0.6 is 11.6 Å². The summed E-state index contributed by atoms with van der Waals surface area (Å²) in [5.41, 5.74) is 3.70. The van der Waals surface area contributed by atoms with E-state index in [4.69, 9.17) is 16.3 Å². The third-order valence-corrected chi connectivity index (χ3v) is 6.21. The molecule has 1 aliphatic heterocycles. The number of hydrogen-bond acceptors (Lipinski definition) is 6. The second-order valence-corrected chi connectivity index (χ2v) is 8.73. The highest BCUT2D eigenvalue weighted by Gasteiger charge is 2.26. The second-order valence-electron chi connectivity index (χ2n) is 8.29. The number of hydrogen-bond donors (Lipinski definition) is 1. The van der Waals surface area contributed by atoms with E-state index < -0.39 is 0 Å². The number of ether oxygens (including phenoxy) is 1. The van der Waals surface area contributed by atoms with Crippen LogP contribution in [0, 0.1) is 0 Å². The van der Waals surface area contributed by atoms with Gasteiger partial charge in [0.05, 0.1) is 24.6 Å². The molecule has 0 spiro atoms. The Morgan fingerprint density at radius 1 is 1.00 bits per heavy atom. The summed E-state index contributed by atoms with van der Waals surface area (Å²) in [5.74, 6) is 0.360. The Balaban J connectivity index is 0.00000195. The van der Waals surface area contributed by atoms with Crippen molar-refractivity contribution < 1.29 is 14.3 Å². The van der Waals surface area contributed by atoms with Crippen molar-refractivity contribution in [1.82, 2.24) is 19.8 Å². The van der Waals surface area contributed by atoms with E-state index in [1.54, 1.807) is 28.1 Å². The molecule has 8 nitrogen and oxygen atoms in total. The van der Waals surface area contributed by atoms with Gasteiger partial charge in [-0.3, -0.25) is 9.59 Å². The summed E-state index contributed by atoms with van der Waals surface area (Å²) in [6.45, 7) is 9.88. The summed E-state index contributed by atoms with van der Waals surface area (Å²) in [6.07, 6.45) is 3.78. The monoisotopic (exact) mass is 533 g/mol. The Labute approximate surface area is 228 Å². The Kier molecular flexibility index (Phi) is 10.4. The van der Waals surface area contributed by atoms with Gasteiger partial charge in [0.25, 0.3) is 11.8 Å². The predicted octanol–water partition coefficient (Wildman–Crippen LogP) is 5.57. The van der Waals surface area contributed by atoms with Crippen LogP contribution in [-0.2, 0) is 9.53 Å². The van der Waals surface area contributed by atoms with Gasteiger partial charge < -0.3 is 19.9 Å². The standard InChI is InChI=1S/C27H28ClN5O3.C2H4/c1-3-19(18-36-2)25(34)32-14-16-33(17-15-32)26(35)21-6-10-23(11-7-21)30-27-29-13-12-24(31-27)20-4-8-22(28)9-5-20;1-2/h4-13,18H,3,14-17H2,1-2H3,(H,29,30,31);1-2H2/b19-18+;. The van der Waals surface area contributed by atoms with E-state index in [0.717, 1.165) is 16.9 Å². The number of nitrogens with one attached hydrogen (secondary N) is 1. The number of rotatable bonds is 7. The van der Waals surface area contributed by atoms with Gasteiger partial charge in [-0.15, -0.1) is 13.2 Å². The average molecular weight is 534 g/mol. The average Bonchev–Trinajstić information content (AvgIpc) is 2.97. The van der Waals surface area contributed by atoms with Crippen molar-refractivity contribution in [3.05, 3.63) is 96.4 Å². The lowest BCUT2D eigenvalue weighted by Crippen LogP contribution is -2.50. The molecule has 2 amide bonds. The third kappa shape index (κ3) is 7.20. The van der Waals surface area contributed by atoms with Gasteiger partial charge in [-0.25, -0.2) is 9.97 Å². The summed E-state index contributed by atoms with van der Waals surface area (Å²) in [4.78, 5) is 38.0. The Morgan fingerprint density at radius 3 is 2.24 bits per heavy atom. The van der Waals surface area contributed by atoms with Crippen molar-refractivity contribution in [2.75, 3.05) is 38.6 Å². The minimum Gasteiger partial charge on any atom is -0.504 e. The fraction of sp³-hybridized carbons (Fsp3) is 0.241. The molecule has 0 unspecified atom stereocenters. The molecule has 2 heterocycles. The zero-order valence-corrected chi connectivity index (χ0v) is 22.4. The molecule has 38 heavy (non-hydrogen) atoms. The van der Waals surface area contributed by atoms with Crippen molar-refractivity contribution in [2.24, 2.45) is 0 Å². The molecule has 1 N–H and O–H groups in total. The summed E-state index contributed by atoms with van der Waals surface area (Å²) < 4.78 is 5.01. The van der Waals surface area contributed by atoms with Gasteiger partial charge in [-0.2, -0.15) is 0 Å². The van der Waals surface area contributed by atoms with Crippen molar-refractivity contribution >= 4 is 35.1 Å². The van der Waals surface area contributed by atoms with Crippen molar-refractivity contribution in [3.8, 4) is 11.3 Å². The molecule has 2 aromatic carbocycles. The molecule has 0 radical (unpaired) electrons. The fourth-order valence-electron chi connectivity index (χ4n) is 3.95. The topological polar surface area (TPSA) is 87.7 Å². The summed E-state index contributed by atoms with van der Waals surface area (Å²) in [5, 5.41) is 3.85. The van der Waals surface area contributed by atoms with E-state index in [1.165, 1.54) is 13.4 Å². The summed E-state index contributed by atoms with van der Waals surface area (Å²) in [7, 11) is 1.53. The maximum absolute atomic E-state index is 13.0. The Morgan fingerprint density at radius 2 is 1.63 bits per heavy atom. The highest BCUT2D eigenvalue weighted by molar-refractivity contribution is 6.30. The van der Waals surface area contributed by atoms with Crippen LogP contribution in [0.25, 0.3) is 11.3 Å². The van der Waals surface area contributed by atoms with Crippen molar-refractivity contribution in [3.63, 3.8) is 0 Å². The van der Waals surface area contributed by atoms with Crippen LogP contribution in [-0.4, -0.2) is 64.9 Å². The first-order valence-electron chi connectivity index (χ1n) is 12.2. The van der Waals surface area contributed by atoms with E-state index in [1.807, 2.05) is 49.4 Å². The van der Waals surface area contributed by atoms with Crippen LogP contribution in [0.1, 0.15) is 23.7 Å². The smallest absolute Gasteiger partial charge is 0.253 e. The predicted molar refractivity (Wildman–Crippen MR) is 151 cm³/mol. The maximum atomic E-state index is 13.0. The maximum Gasteiger partial charge on any atom is 0.253 e. The van der Waals surface area contributed by atoms with Crippen LogP contribution in [0.5, 0.6) is 0 Å². The molecule has 0 bridgehead atoms. The molecular weight excluding hydrogens is 502 g/mol. The van der Waals surface area contributed by atoms with E-state index in [9.17, 15) is 9.59 Å². The molecule has 1 aliphatic rings. The highest BCUT2D eigenvalue weighted by atomic mass is 35.5. The lowest BCUT2D eigenvalue weighted by atomic mass is 10.1. The first-order chi connectivity index (χ1) is 18.5. The van der Waals surface area contributed by atoms with Gasteiger partial charge in [-0.1, -0.05) is 30.7 Å². The third-order valence-electron chi connectivity index (χ3n) is 5.95. The molecule has 0 aliphatic carbocycles. The number of methoxy groups -OCH3 is 1. The number of halogens is 1.